The first kappa shape index (κ1) is 28.0. The predicted molar refractivity (Wildman–Crippen MR) is 141 cm³/mol. The van der Waals surface area contributed by atoms with Gasteiger partial charge in [-0.15, -0.1) is 0 Å². The number of aromatic nitrogens is 1. The van der Waals surface area contributed by atoms with Crippen LogP contribution in [0, 0.1) is 29.0 Å². The van der Waals surface area contributed by atoms with Gasteiger partial charge >= 0.3 is 0 Å². The Labute approximate surface area is 225 Å². The summed E-state index contributed by atoms with van der Waals surface area (Å²) in [6.45, 7) is 2.42. The van der Waals surface area contributed by atoms with Gasteiger partial charge < -0.3 is 15.8 Å². The van der Waals surface area contributed by atoms with Crippen LogP contribution in [-0.2, 0) is 9.57 Å². The number of benzene rings is 1. The van der Waals surface area contributed by atoms with Crippen LogP contribution in [0.5, 0.6) is 0 Å². The highest BCUT2D eigenvalue weighted by Gasteiger charge is 2.50. The lowest BCUT2D eigenvalue weighted by Crippen LogP contribution is -2.43. The first-order valence-electron chi connectivity index (χ1n) is 12.4. The average molecular weight is 546 g/mol. The van der Waals surface area contributed by atoms with E-state index in [2.05, 4.69) is 10.3 Å². The van der Waals surface area contributed by atoms with Crippen LogP contribution in [0.1, 0.15) is 54.6 Å². The lowest BCUT2D eigenvalue weighted by atomic mass is 9.93. The van der Waals surface area contributed by atoms with Gasteiger partial charge in [-0.2, -0.15) is 10.3 Å². The van der Waals surface area contributed by atoms with Gasteiger partial charge in [-0.25, -0.2) is 13.2 Å². The van der Waals surface area contributed by atoms with Crippen molar-refractivity contribution in [1.82, 2.24) is 15.4 Å². The van der Waals surface area contributed by atoms with Crippen molar-refractivity contribution in [2.75, 3.05) is 20.3 Å². The number of nitrogens with two attached hydrogens (primary N) is 1. The second-order valence-corrected chi connectivity index (χ2v) is 10.2. The van der Waals surface area contributed by atoms with Gasteiger partial charge in [0.2, 0.25) is 5.85 Å². The first-order chi connectivity index (χ1) is 18.1. The van der Waals surface area contributed by atoms with E-state index >= 15 is 8.78 Å². The minimum atomic E-state index is -1.87. The van der Waals surface area contributed by atoms with Gasteiger partial charge in [0.1, 0.15) is 17.7 Å². The normalized spacial score (nSPS) is 22.4. The number of halogens is 3. The maximum atomic E-state index is 15.4. The van der Waals surface area contributed by atoms with Crippen LogP contribution in [0.25, 0.3) is 11.9 Å². The van der Waals surface area contributed by atoms with Gasteiger partial charge in [-0.3, -0.25) is 9.82 Å². The number of rotatable bonds is 9. The Kier molecular flexibility index (Phi) is 8.67. The number of alkyl halides is 1. The Bertz CT molecular complexity index is 1230. The zero-order chi connectivity index (χ0) is 27.4. The topological polar surface area (TPSA) is 96.4 Å². The molecular weight excluding hydrogens is 515 g/mol. The summed E-state index contributed by atoms with van der Waals surface area (Å²) in [4.78, 5) is 9.68. The Morgan fingerprint density at radius 3 is 2.74 bits per heavy atom. The molecule has 2 heterocycles. The SMILES string of the molecule is CN(OC(C)(F)C1CCOCC1)C1C[C@H]1C(NC(N)=S)c1cc(/C=C(\F)c2ccc(C#N)cn2)ccc1F. The largest absolute Gasteiger partial charge is 0.381 e. The zero-order valence-corrected chi connectivity index (χ0v) is 22.0. The van der Waals surface area contributed by atoms with Crippen molar-refractivity contribution in [2.45, 2.75) is 44.1 Å². The predicted octanol–water partition coefficient (Wildman–Crippen LogP) is 4.80. The highest BCUT2D eigenvalue weighted by molar-refractivity contribution is 7.80. The molecule has 1 aliphatic heterocycles. The molecule has 202 valence electrons. The first-order valence-corrected chi connectivity index (χ1v) is 12.8. The van der Waals surface area contributed by atoms with Crippen LogP contribution in [-0.4, -0.2) is 47.3 Å². The number of hydrogen-bond donors (Lipinski definition) is 2. The summed E-state index contributed by atoms with van der Waals surface area (Å²) in [6, 6.07) is 8.15. The Balaban J connectivity index is 1.52. The van der Waals surface area contributed by atoms with Crippen molar-refractivity contribution >= 4 is 29.2 Å². The molecule has 2 fully saturated rings. The van der Waals surface area contributed by atoms with Crippen LogP contribution in [0.2, 0.25) is 0 Å². The molecule has 1 saturated carbocycles. The molecule has 2 aliphatic rings. The summed E-state index contributed by atoms with van der Waals surface area (Å²) in [6.07, 6.45) is 4.24. The molecule has 1 aromatic carbocycles. The number of hydrogen-bond acceptors (Lipinski definition) is 6. The maximum Gasteiger partial charge on any atom is 0.227 e. The molecule has 3 N–H and O–H groups in total. The number of ether oxygens (including phenoxy) is 1. The Morgan fingerprint density at radius 1 is 1.37 bits per heavy atom. The minimum absolute atomic E-state index is 0.0185. The maximum absolute atomic E-state index is 15.4. The molecule has 1 saturated heterocycles. The number of pyridine rings is 1. The van der Waals surface area contributed by atoms with E-state index in [4.69, 9.17) is 32.8 Å². The van der Waals surface area contributed by atoms with E-state index < -0.39 is 23.5 Å². The molecule has 4 atom stereocenters. The monoisotopic (exact) mass is 545 g/mol. The van der Waals surface area contributed by atoms with E-state index in [0.717, 1.165) is 0 Å². The molecule has 0 bridgehead atoms. The number of nitrogens with zero attached hydrogens (tertiary/aromatic N) is 3. The summed E-state index contributed by atoms with van der Waals surface area (Å²) in [5.41, 5.74) is 6.77. The molecule has 2 aromatic rings. The number of hydroxylamine groups is 2. The second kappa shape index (κ2) is 11.8. The fraction of sp³-hybridized carbons (Fsp3) is 0.444. The molecule has 1 aromatic heterocycles. The second-order valence-electron chi connectivity index (χ2n) is 9.78. The third-order valence-electron chi connectivity index (χ3n) is 7.06. The van der Waals surface area contributed by atoms with E-state index in [1.54, 1.807) is 7.05 Å². The average Bonchev–Trinajstić information content (AvgIpc) is 3.70. The van der Waals surface area contributed by atoms with Gasteiger partial charge in [0.25, 0.3) is 0 Å². The van der Waals surface area contributed by atoms with Crippen molar-refractivity contribution in [3.05, 3.63) is 64.7 Å². The molecule has 7 nitrogen and oxygen atoms in total. The molecular formula is C27H30F3N5O2S. The molecule has 0 amide bonds. The smallest absolute Gasteiger partial charge is 0.227 e. The van der Waals surface area contributed by atoms with Crippen molar-refractivity contribution in [3.8, 4) is 6.07 Å². The van der Waals surface area contributed by atoms with Crippen LogP contribution in [0.4, 0.5) is 13.2 Å². The quantitative estimate of drug-likeness (QED) is 0.343. The summed E-state index contributed by atoms with van der Waals surface area (Å²) in [5.74, 6) is -3.50. The molecule has 0 radical (unpaired) electrons. The Morgan fingerprint density at radius 2 is 2.11 bits per heavy atom. The Hall–Kier alpha value is -3.04. The van der Waals surface area contributed by atoms with Crippen molar-refractivity contribution in [3.63, 3.8) is 0 Å². The number of nitrogens with one attached hydrogen (secondary N) is 1. The van der Waals surface area contributed by atoms with Crippen molar-refractivity contribution < 1.29 is 22.7 Å². The van der Waals surface area contributed by atoms with E-state index in [1.807, 2.05) is 6.07 Å². The fourth-order valence-electron chi connectivity index (χ4n) is 4.89. The summed E-state index contributed by atoms with van der Waals surface area (Å²) in [5, 5.41) is 13.3. The lowest BCUT2D eigenvalue weighted by molar-refractivity contribution is -0.311. The minimum Gasteiger partial charge on any atom is -0.381 e. The number of thiocarbonyl (C=S) groups is 1. The van der Waals surface area contributed by atoms with E-state index in [-0.39, 0.29) is 34.2 Å². The number of nitriles is 1. The van der Waals surface area contributed by atoms with Crippen LogP contribution < -0.4 is 11.1 Å². The molecule has 4 rings (SSSR count). The lowest BCUT2D eigenvalue weighted by Gasteiger charge is -2.36. The standard InChI is InChI=1S/C27H30F3N5O2S/c1-27(30,18-7-9-36-10-8-18)37-35(2)24-13-20(24)25(34-26(32)38)19-11-16(3-5-21(19)28)12-22(29)23-6-4-17(14-31)15-33-23/h3-6,11-12,15,18,20,24-25H,7-10,13H2,1-2H3,(H3,32,34,38)/b22-12-/t20-,24?,25?,27?/m1/s1. The molecule has 3 unspecified atom stereocenters. The van der Waals surface area contributed by atoms with Gasteiger partial charge in [-0.05, 0) is 74.3 Å². The highest BCUT2D eigenvalue weighted by Crippen LogP contribution is 2.47. The fourth-order valence-corrected chi connectivity index (χ4v) is 5.02. The zero-order valence-electron chi connectivity index (χ0n) is 21.2. The van der Waals surface area contributed by atoms with E-state index in [1.165, 1.54) is 54.6 Å². The summed E-state index contributed by atoms with van der Waals surface area (Å²) < 4.78 is 50.6. The van der Waals surface area contributed by atoms with Crippen molar-refractivity contribution in [1.29, 1.82) is 5.26 Å². The van der Waals surface area contributed by atoms with E-state index in [9.17, 15) is 4.39 Å². The molecule has 38 heavy (non-hydrogen) atoms. The third kappa shape index (κ3) is 6.69. The van der Waals surface area contributed by atoms with Gasteiger partial charge in [0.05, 0.1) is 17.3 Å². The van der Waals surface area contributed by atoms with Gasteiger partial charge in [-0.1, -0.05) is 6.07 Å². The van der Waals surface area contributed by atoms with E-state index in [0.29, 0.717) is 43.6 Å². The van der Waals surface area contributed by atoms with Crippen LogP contribution in [0.3, 0.4) is 0 Å². The van der Waals surface area contributed by atoms with Gasteiger partial charge in [0, 0.05) is 49.9 Å². The van der Waals surface area contributed by atoms with Crippen LogP contribution in [0.15, 0.2) is 36.5 Å². The van der Waals surface area contributed by atoms with Gasteiger partial charge in [0.15, 0.2) is 5.11 Å². The summed E-state index contributed by atoms with van der Waals surface area (Å²) in [7, 11) is 1.66. The summed E-state index contributed by atoms with van der Waals surface area (Å²) >= 11 is 5.05. The molecule has 11 heteroatoms. The highest BCUT2D eigenvalue weighted by atomic mass is 32.1. The van der Waals surface area contributed by atoms with Crippen molar-refractivity contribution in [2.24, 2.45) is 17.6 Å². The van der Waals surface area contributed by atoms with Crippen LogP contribution >= 0.6 is 12.2 Å². The third-order valence-corrected chi connectivity index (χ3v) is 7.17. The molecule has 1 aliphatic carbocycles. The molecule has 0 spiro atoms.